The molecule has 0 bridgehead atoms. The molecular formula is C66H60Au4N8O. The average molecular weight is 1770 g/mol. The first-order valence-corrected chi connectivity index (χ1v) is 25.2. The van der Waals surface area contributed by atoms with Gasteiger partial charge in [0.2, 0.25) is 0 Å². The van der Waals surface area contributed by atoms with Crippen molar-refractivity contribution in [1.29, 1.82) is 0 Å². The van der Waals surface area contributed by atoms with Gasteiger partial charge in [0.1, 0.15) is 0 Å². The maximum absolute atomic E-state index is 4.94. The smallest absolute Gasteiger partial charge is 0.574 e. The molecule has 1 aliphatic rings. The van der Waals surface area contributed by atoms with Crippen molar-refractivity contribution in [3.63, 3.8) is 0 Å². The van der Waals surface area contributed by atoms with Crippen molar-refractivity contribution in [2.24, 2.45) is 4.99 Å². The Kier molecular flexibility index (Phi) is 29.3. The van der Waals surface area contributed by atoms with Gasteiger partial charge in [-0.2, -0.15) is 0 Å². The number of nitrogens with zero attached hydrogens (tertiary/aromatic N) is 8. The van der Waals surface area contributed by atoms with Gasteiger partial charge in [-0.3, -0.25) is 0 Å². The van der Waals surface area contributed by atoms with Crippen LogP contribution in [0.4, 0.5) is 11.4 Å². The molecule has 4 heterocycles. The van der Waals surface area contributed by atoms with Crippen LogP contribution in [0.5, 0.6) is 0 Å². The van der Waals surface area contributed by atoms with Gasteiger partial charge in [0, 0.05) is 30.3 Å². The van der Waals surface area contributed by atoms with E-state index in [4.69, 9.17) is 4.74 Å². The van der Waals surface area contributed by atoms with Gasteiger partial charge in [0.05, 0.1) is 0 Å². The number of hydrogen-bond acceptors (Lipinski definition) is 5. The standard InChI is InChI=1S/C17H19N2.3C15H11N2.C4H8O.4Au/c1-12-7-5-8-13(2)16(12)18-11-19-17-14(3)9-6-10-15(17)4;3*1-3-7-12(8-4-1)14-11-15(17-16-14)13-9-5-2-6-10-13;1-2-4-5-3-1;;;;/h5-11H,1-4H3;3*1-11H;1-4H2;;;;/q4*-1;;4*+1. The quantitative estimate of drug-likeness (QED) is 0.0803. The van der Waals surface area contributed by atoms with Crippen molar-refractivity contribution < 1.29 is 94.3 Å². The summed E-state index contributed by atoms with van der Waals surface area (Å²) in [4.78, 5) is 4.49. The average Bonchev–Trinajstić information content (AvgIpc) is 4.38. The summed E-state index contributed by atoms with van der Waals surface area (Å²) in [6.45, 7) is 10.3. The first kappa shape index (κ1) is 65.3. The van der Waals surface area contributed by atoms with Gasteiger partial charge < -0.3 is 45.6 Å². The second kappa shape index (κ2) is 35.4. The van der Waals surface area contributed by atoms with Gasteiger partial charge in [-0.15, -0.1) is 17.1 Å². The zero-order valence-electron chi connectivity index (χ0n) is 44.1. The molecule has 3 aromatic heterocycles. The number of benzene rings is 8. The first-order chi connectivity index (χ1) is 36.9. The van der Waals surface area contributed by atoms with Gasteiger partial charge in [-0.1, -0.05) is 243 Å². The van der Waals surface area contributed by atoms with Crippen LogP contribution in [0.1, 0.15) is 35.1 Å². The van der Waals surface area contributed by atoms with E-state index in [-0.39, 0.29) is 89.5 Å². The van der Waals surface area contributed by atoms with Crippen LogP contribution < -0.4 is 15.3 Å². The molecule has 11 aromatic rings. The molecule has 0 N–H and O–H groups in total. The molecule has 13 heteroatoms. The van der Waals surface area contributed by atoms with Crippen LogP contribution in [0.25, 0.3) is 72.9 Å². The molecule has 0 aliphatic carbocycles. The van der Waals surface area contributed by atoms with Gasteiger partial charge in [0.25, 0.3) is 0 Å². The van der Waals surface area contributed by atoms with Crippen LogP contribution in [0.3, 0.4) is 0 Å². The van der Waals surface area contributed by atoms with Crippen molar-refractivity contribution in [2.45, 2.75) is 40.5 Å². The largest absolute Gasteiger partial charge is 1.00 e. The third kappa shape index (κ3) is 20.1. The van der Waals surface area contributed by atoms with Crippen molar-refractivity contribution in [2.75, 3.05) is 13.2 Å². The van der Waals surface area contributed by atoms with E-state index < -0.39 is 0 Å². The summed E-state index contributed by atoms with van der Waals surface area (Å²) in [5, 5.41) is 29.8. The second-order valence-corrected chi connectivity index (χ2v) is 17.7. The molecule has 1 aliphatic heterocycles. The van der Waals surface area contributed by atoms with Crippen molar-refractivity contribution in [3.05, 3.63) is 264 Å². The SMILES string of the molecule is C1CCOC1.Cc1cccc(C)c1N=C[N-]c1c(C)cccc1C.[Au+].[Au+].[Au+].[Au+].c1ccc(-c2cc(-c3ccccc3)[n-]n2)cc1.c1ccc(-c2cc(-c3ccccc3)[n-]n2)cc1.c1ccc(-c2cc(-c3ccccc3)[n-]n2)cc1. The Morgan fingerprint density at radius 1 is 0.367 bits per heavy atom. The Labute approximate surface area is 528 Å². The Morgan fingerprint density at radius 3 is 0.924 bits per heavy atom. The normalized spacial score (nSPS) is 10.8. The number of ether oxygens (including phenoxy) is 1. The fourth-order valence-electron chi connectivity index (χ4n) is 8.06. The van der Waals surface area contributed by atoms with E-state index in [0.717, 1.165) is 92.1 Å². The van der Waals surface area contributed by atoms with Crippen LogP contribution in [0, 0.1) is 27.7 Å². The molecule has 9 nitrogen and oxygen atoms in total. The molecule has 0 atom stereocenters. The third-order valence-corrected chi connectivity index (χ3v) is 12.1. The second-order valence-electron chi connectivity index (χ2n) is 17.7. The van der Waals surface area contributed by atoms with Gasteiger partial charge >= 0.3 is 89.5 Å². The third-order valence-electron chi connectivity index (χ3n) is 12.1. The summed E-state index contributed by atoms with van der Waals surface area (Å²) < 4.78 is 4.94. The van der Waals surface area contributed by atoms with E-state index in [1.807, 2.05) is 212 Å². The fourth-order valence-corrected chi connectivity index (χ4v) is 8.06. The summed E-state index contributed by atoms with van der Waals surface area (Å²) in [5.41, 5.74) is 18.8. The molecule has 8 aromatic carbocycles. The molecule has 1 saturated heterocycles. The Hall–Kier alpha value is -6.22. The van der Waals surface area contributed by atoms with E-state index in [2.05, 4.69) is 92.9 Å². The predicted octanol–water partition coefficient (Wildman–Crippen LogP) is 16.2. The van der Waals surface area contributed by atoms with Crippen LogP contribution in [-0.2, 0) is 94.3 Å². The number of hydrogen-bond donors (Lipinski definition) is 0. The molecule has 0 spiro atoms. The molecule has 0 radical (unpaired) electrons. The van der Waals surface area contributed by atoms with E-state index in [1.165, 1.54) is 35.1 Å². The molecule has 414 valence electrons. The van der Waals surface area contributed by atoms with E-state index >= 15 is 0 Å². The molecule has 0 amide bonds. The minimum Gasteiger partial charge on any atom is -0.574 e. The summed E-state index contributed by atoms with van der Waals surface area (Å²) in [6.07, 6.45) is 4.21. The maximum Gasteiger partial charge on any atom is 1.00 e. The number of aliphatic imine (C=N–C) groups is 1. The molecular weight excluding hydrogens is 1710 g/mol. The number of aromatic nitrogens is 6. The van der Waals surface area contributed by atoms with Crippen LogP contribution in [0.2, 0.25) is 0 Å². The summed E-state index contributed by atoms with van der Waals surface area (Å²) in [5.74, 6) is 0. The van der Waals surface area contributed by atoms with Gasteiger partial charge in [-0.05, 0) is 108 Å². The summed E-state index contributed by atoms with van der Waals surface area (Å²) >= 11 is 0. The number of rotatable bonds is 9. The topological polar surface area (TPSA) is 117 Å². The maximum atomic E-state index is 4.94. The Bertz CT molecular complexity index is 2950. The van der Waals surface area contributed by atoms with Crippen LogP contribution in [0.15, 0.2) is 242 Å². The van der Waals surface area contributed by atoms with Crippen molar-refractivity contribution in [3.8, 4) is 67.5 Å². The molecule has 1 fully saturated rings. The monoisotopic (exact) mass is 1770 g/mol. The minimum atomic E-state index is 0. The van der Waals surface area contributed by atoms with Crippen LogP contribution >= 0.6 is 0 Å². The Morgan fingerprint density at radius 2 is 0.646 bits per heavy atom. The molecule has 79 heavy (non-hydrogen) atoms. The summed E-state index contributed by atoms with van der Waals surface area (Å²) in [7, 11) is 0. The minimum absolute atomic E-state index is 0. The van der Waals surface area contributed by atoms with Crippen LogP contribution in [-0.4, -0.2) is 34.8 Å². The molecule has 12 rings (SSSR count). The van der Waals surface area contributed by atoms with Gasteiger partial charge in [-0.25, -0.2) is 0 Å². The Balaban J connectivity index is 0.000000217. The van der Waals surface area contributed by atoms with Gasteiger partial charge in [0.15, 0.2) is 0 Å². The summed E-state index contributed by atoms with van der Waals surface area (Å²) in [6, 6.07) is 79.0. The zero-order valence-corrected chi connectivity index (χ0v) is 52.8. The van der Waals surface area contributed by atoms with E-state index in [9.17, 15) is 0 Å². The predicted molar refractivity (Wildman–Crippen MR) is 308 cm³/mol. The fraction of sp³-hybridized carbons (Fsp3) is 0.121. The number of aryl methyl sites for hydroxylation is 4. The van der Waals surface area contributed by atoms with Crippen molar-refractivity contribution >= 4 is 17.7 Å². The number of para-hydroxylation sites is 2. The molecule has 0 unspecified atom stereocenters. The van der Waals surface area contributed by atoms with E-state index in [0.29, 0.717) is 0 Å². The zero-order chi connectivity index (χ0) is 51.9. The molecule has 0 saturated carbocycles. The first-order valence-electron chi connectivity index (χ1n) is 25.2. The van der Waals surface area contributed by atoms with Crippen molar-refractivity contribution in [1.82, 2.24) is 30.6 Å². The van der Waals surface area contributed by atoms with E-state index in [1.54, 1.807) is 6.34 Å².